The van der Waals surface area contributed by atoms with Gasteiger partial charge in [-0.3, -0.25) is 30.0 Å². The number of nitrogens with zero attached hydrogens (tertiary/aromatic N) is 28. The SMILES string of the molecule is CC(C)C.CC(C)C(C)C.CC(C)C1=CN=CC1.CC(C)C1=NC=NC1.CC(C)O.CC(C)c1ccn[nH]1.CC(C)c1cn(CCN)cn1.CC(C)c1cn[nH]c1.CC(C)c1cn[nH]n1.CC(C)c1cnc(N)s1.CC(C)c1cnc[nH]1.CC(C)c1csc(N)n1.CC(C)c1ncn[nH]1.CC(C)c1nn[nH]n1.CC(C)n1ccnc1.CC(C)n1cnc(CCN)c1.CC(C)n1cncn1.CC(C)n1cnnn1.CCC.CSC(C)C. The Morgan fingerprint density at radius 1 is 0.520 bits per heavy atom. The van der Waals surface area contributed by atoms with E-state index >= 15 is 0 Å². The minimum absolute atomic E-state index is 0.167. The number of allylic oxidation sites excluding steroid dienone is 1. The van der Waals surface area contributed by atoms with Gasteiger partial charge in [-0.15, -0.1) is 38.0 Å². The number of aliphatic imine (C=N–C) groups is 3. The molecule has 0 saturated carbocycles. The smallest absolute Gasteiger partial charge is 0.180 e. The van der Waals surface area contributed by atoms with Crippen LogP contribution in [0.15, 0.2) is 151 Å². The van der Waals surface area contributed by atoms with Crippen LogP contribution >= 0.6 is 34.4 Å². The minimum Gasteiger partial charge on any atom is -0.394 e. The number of nitrogens with two attached hydrogens (primary N) is 4. The van der Waals surface area contributed by atoms with Crippen LogP contribution < -0.4 is 22.9 Å². The van der Waals surface area contributed by atoms with Crippen LogP contribution in [0.4, 0.5) is 10.3 Å². The summed E-state index contributed by atoms with van der Waals surface area (Å²) in [6, 6.07) is 3.82. The number of thiazole rings is 2. The molecule has 0 bridgehead atoms. The van der Waals surface area contributed by atoms with Crippen LogP contribution in [0.5, 0.6) is 0 Å². The van der Waals surface area contributed by atoms with Crippen molar-refractivity contribution in [1.82, 2.24) is 155 Å². The molecule has 0 atom stereocenters. The maximum atomic E-state index is 8.06. The lowest BCUT2D eigenvalue weighted by atomic mass is 10.0. The van der Waals surface area contributed by atoms with Gasteiger partial charge in [-0.05, 0) is 186 Å². The van der Waals surface area contributed by atoms with Gasteiger partial charge in [0.05, 0.1) is 67.0 Å². The summed E-state index contributed by atoms with van der Waals surface area (Å²) in [5, 5.41) is 69.9. The van der Waals surface area contributed by atoms with Crippen molar-refractivity contribution in [3.8, 4) is 0 Å². The minimum atomic E-state index is -0.167. The van der Waals surface area contributed by atoms with Crippen molar-refractivity contribution >= 4 is 63.0 Å². The molecule has 850 valence electrons. The van der Waals surface area contributed by atoms with Crippen molar-refractivity contribution in [2.24, 2.45) is 56.0 Å². The zero-order valence-corrected chi connectivity index (χ0v) is 103. The third-order valence-corrected chi connectivity index (χ3v) is 22.1. The van der Waals surface area contributed by atoms with E-state index in [2.05, 4.69) is 431 Å². The number of hydrogen-bond donors (Lipinski definition) is 11. The number of aliphatic hydroxyl groups is 1. The van der Waals surface area contributed by atoms with Crippen LogP contribution in [-0.2, 0) is 13.0 Å². The van der Waals surface area contributed by atoms with Crippen LogP contribution in [0, 0.1) is 29.6 Å². The van der Waals surface area contributed by atoms with Crippen LogP contribution in [0.1, 0.15) is 444 Å². The average Bonchev–Trinajstić information content (AvgIpc) is 1.77. The van der Waals surface area contributed by atoms with Gasteiger partial charge in [-0.2, -0.15) is 52.8 Å². The predicted molar refractivity (Wildman–Crippen MR) is 634 cm³/mol. The van der Waals surface area contributed by atoms with Crippen LogP contribution in [0.3, 0.4) is 0 Å². The fraction of sp³-hybridized carbons (Fsp3) is 0.657. The van der Waals surface area contributed by atoms with Gasteiger partial charge in [0.15, 0.2) is 16.1 Å². The number of H-pyrrole nitrogens is 6. The normalized spacial score (nSPS) is 11.1. The molecular formula is C108H204N38OS3. The summed E-state index contributed by atoms with van der Waals surface area (Å²) in [7, 11) is 0. The van der Waals surface area contributed by atoms with Gasteiger partial charge in [0.2, 0.25) is 0 Å². The topological polar surface area (TPSA) is 539 Å². The second kappa shape index (κ2) is 91.5. The lowest BCUT2D eigenvalue weighted by Gasteiger charge is -2.05. The number of aromatic amines is 6. The molecule has 15 N–H and O–H groups in total. The largest absolute Gasteiger partial charge is 0.394 e. The zero-order valence-electron chi connectivity index (χ0n) is 100. The monoisotopic (exact) mass is 2150 g/mol. The Morgan fingerprint density at radius 3 is 1.37 bits per heavy atom. The average molecular weight is 2150 g/mol. The molecule has 2 aliphatic heterocycles. The number of aliphatic hydroxyl groups excluding tert-OH is 1. The second-order valence-corrected chi connectivity index (χ2v) is 44.2. The molecule has 15 rings (SSSR count). The third-order valence-electron chi connectivity index (χ3n) is 19.3. The third kappa shape index (κ3) is 83.4. The molecule has 0 fully saturated rings. The van der Waals surface area contributed by atoms with Gasteiger partial charge in [-0.1, -0.05) is 240 Å². The molecule has 39 nitrogen and oxygen atoms in total. The van der Waals surface area contributed by atoms with Gasteiger partial charge in [0.25, 0.3) is 0 Å². The molecule has 0 radical (unpaired) electrons. The van der Waals surface area contributed by atoms with E-state index in [0.717, 1.165) is 83.4 Å². The summed E-state index contributed by atoms with van der Waals surface area (Å²) in [4.78, 5) is 48.3. The van der Waals surface area contributed by atoms with Crippen molar-refractivity contribution in [2.75, 3.05) is 37.4 Å². The number of nitrogen functional groups attached to an aromatic ring is 2. The first-order valence-corrected chi connectivity index (χ1v) is 55.8. The van der Waals surface area contributed by atoms with E-state index in [0.29, 0.717) is 113 Å². The molecule has 150 heavy (non-hydrogen) atoms. The van der Waals surface area contributed by atoms with Gasteiger partial charge in [0, 0.05) is 157 Å². The van der Waals surface area contributed by atoms with E-state index in [4.69, 9.17) is 28.0 Å². The number of hydrogen-bond acceptors (Lipinski definition) is 31. The summed E-state index contributed by atoms with van der Waals surface area (Å²) >= 11 is 4.94. The van der Waals surface area contributed by atoms with E-state index in [9.17, 15) is 0 Å². The van der Waals surface area contributed by atoms with Crippen LogP contribution in [-0.4, -0.2) is 216 Å². The maximum absolute atomic E-state index is 8.06. The van der Waals surface area contributed by atoms with E-state index < -0.39 is 0 Å². The lowest BCUT2D eigenvalue weighted by Crippen LogP contribution is -2.07. The fourth-order valence-corrected chi connectivity index (χ4v) is 10.4. The van der Waals surface area contributed by atoms with E-state index in [1.165, 1.54) is 57.2 Å². The molecule has 0 unspecified atom stereocenters. The van der Waals surface area contributed by atoms with Crippen molar-refractivity contribution in [1.29, 1.82) is 0 Å². The molecule has 0 amide bonds. The van der Waals surface area contributed by atoms with E-state index in [-0.39, 0.29) is 6.10 Å². The van der Waals surface area contributed by atoms with Gasteiger partial charge >= 0.3 is 0 Å². The Morgan fingerprint density at radius 2 is 1.13 bits per heavy atom. The van der Waals surface area contributed by atoms with Crippen LogP contribution in [0.2, 0.25) is 0 Å². The predicted octanol–water partition coefficient (Wildman–Crippen LogP) is 25.6. The molecule has 13 aromatic heterocycles. The maximum Gasteiger partial charge on any atom is 0.180 e. The Kier molecular flexibility index (Phi) is 89.7. The number of nitrogens with one attached hydrogen (secondary N) is 6. The molecule has 0 aliphatic carbocycles. The zero-order chi connectivity index (χ0) is 115. The summed E-state index contributed by atoms with van der Waals surface area (Å²) in [5.74, 6) is 10.1. The summed E-state index contributed by atoms with van der Waals surface area (Å²) in [5.41, 5.74) is 32.3. The van der Waals surface area contributed by atoms with Gasteiger partial charge in [-0.25, -0.2) is 49.5 Å². The Labute approximate surface area is 915 Å². The fourth-order valence-electron chi connectivity index (χ4n) is 8.99. The van der Waals surface area contributed by atoms with Crippen molar-refractivity contribution in [2.45, 2.75) is 412 Å². The first-order valence-electron chi connectivity index (χ1n) is 52.8. The molecule has 0 aromatic carbocycles. The number of anilines is 2. The molecule has 13 aromatic rings. The quantitative estimate of drug-likeness (QED) is 0.0318. The highest BCUT2D eigenvalue weighted by atomic mass is 32.2. The highest BCUT2D eigenvalue weighted by Crippen LogP contribution is 2.24. The number of thioether (sulfide) groups is 1. The summed E-state index contributed by atoms with van der Waals surface area (Å²) in [6.45, 7) is 93.8. The number of rotatable bonds is 21. The molecule has 2 aliphatic rings. The Balaban J connectivity index is -0.000000494. The van der Waals surface area contributed by atoms with E-state index in [1.807, 2.05) is 118 Å². The number of aromatic nitrogens is 31. The Bertz CT molecular complexity index is 4350. The first kappa shape index (κ1) is 147. The highest BCUT2D eigenvalue weighted by molar-refractivity contribution is 7.99. The standard InChI is InChI=1S/2C8H15N3.C7H11N.2C6H10N2S.5C6H10N2.C6H14.3C5H9N3.2C4H8N4.C4H10S.C4H10.C3H8O.C3H8/c1-7(2)8-5-11(4-3-9)6-10-8;1-7(2)11-5-8(3-4-9)10-6-11;1-6(2)7-3-4-8-5-7;1-4(2)5-3-9-6(7)8-5;1-4(2)5-3-8-6(7)9-5;2*1-5(2)6-3-7-4-8-6;1-5(2)6-3-7-8-4-6;1-6(2)8-4-3-7-5-8;1-5(2)6-3-4-7-8-6;1-5(2)6(3)4;1-5(2)8-4-6-3-7-8;1-4(2)5-6-3-7-8-5;1-4(2)5-3-6-8-7-5;1-4(2)8-3-5-6-7-8;1-3(2)4-5-7-8-6-4;1-4(2)5-3;1-4(2)3;1-3(2)4;1-3-2/h2*5-7H,3-4,9H2,1-2H3;4-6H,3H2,1-2H3;2*3-4H,1-2H3,(H2,7,8);4-5H,3H2,1-2H3;2*3-5H,1-2H3,(H,7,8);3-6H,1-2H3;3-5H,1-2H3,(H,7,8);5-6H,1-4H3;3-5H,1-2H3;2*3-4H,1-2H3,(H,6,7,8);3-4H,1-2H3;3H,1-2H3,(H,5,6,7,8);4H,1-3H3;4H,1-3H3;3-4H,1-2H3;3H2,1-2H3. The number of tetrazole rings is 2. The molecule has 0 saturated heterocycles. The second-order valence-electron chi connectivity index (χ2n) is 40.8. The summed E-state index contributed by atoms with van der Waals surface area (Å²) < 4.78 is 9.67. The first-order chi connectivity index (χ1) is 70.5. The van der Waals surface area contributed by atoms with Gasteiger partial charge < -0.3 is 46.7 Å². The number of imidazole rings is 4. The molecule has 15 heterocycles. The van der Waals surface area contributed by atoms with E-state index in [1.54, 1.807) is 84.8 Å². The van der Waals surface area contributed by atoms with Gasteiger partial charge in [0.1, 0.15) is 37.5 Å². The highest BCUT2D eigenvalue weighted by Gasteiger charge is 2.10. The van der Waals surface area contributed by atoms with Crippen molar-refractivity contribution in [3.63, 3.8) is 0 Å². The molecule has 0 spiro atoms. The molecule has 42 heteroatoms. The summed E-state index contributed by atoms with van der Waals surface area (Å²) in [6.07, 6.45) is 43.1. The van der Waals surface area contributed by atoms with Crippen molar-refractivity contribution < 1.29 is 5.11 Å². The van der Waals surface area contributed by atoms with Crippen molar-refractivity contribution in [3.05, 3.63) is 192 Å². The lowest BCUT2D eigenvalue weighted by molar-refractivity contribution is 0.216. The van der Waals surface area contributed by atoms with Crippen LogP contribution in [0.25, 0.3) is 0 Å². The Hall–Kier alpha value is -11.3. The molecular weight excluding hydrogens is 1940 g/mol.